The topological polar surface area (TPSA) is 89.1 Å². The zero-order valence-electron chi connectivity index (χ0n) is 18.0. The number of pyridine rings is 1. The number of hydrogen-bond donors (Lipinski definition) is 2. The van der Waals surface area contributed by atoms with Gasteiger partial charge in [0.2, 0.25) is 0 Å². The number of amides is 1. The highest BCUT2D eigenvalue weighted by molar-refractivity contribution is 6.35. The Morgan fingerprint density at radius 3 is 2.38 bits per heavy atom. The van der Waals surface area contributed by atoms with E-state index in [4.69, 9.17) is 28.9 Å². The van der Waals surface area contributed by atoms with Crippen LogP contribution in [0.15, 0.2) is 36.8 Å². The minimum atomic E-state index is -4.75. The highest BCUT2D eigenvalue weighted by atomic mass is 35.5. The van der Waals surface area contributed by atoms with Gasteiger partial charge < -0.3 is 16.0 Å². The molecule has 0 spiro atoms. The number of hydrogen-bond acceptors (Lipinski definition) is 5. The molecule has 1 aromatic carbocycles. The molecule has 4 rings (SSSR count). The summed E-state index contributed by atoms with van der Waals surface area (Å²) in [5, 5.41) is 7.05. The van der Waals surface area contributed by atoms with E-state index in [1.54, 1.807) is 24.4 Å². The smallest absolute Gasteiger partial charge is 0.369 e. The standard InChI is InChI=1S/C22H21Cl2F3N6O/c1-32-20(22(25,26)27)17(10-30-32)21(34)31-18-11-29-9-16(12-6-13(23)8-14(24)7-12)19(18)33-4-2-15(28)3-5-33/h6-11,15H,2-5,28H2,1H3,(H,31,34). The molecule has 7 nitrogen and oxygen atoms in total. The second-order valence-corrected chi connectivity index (χ2v) is 8.92. The highest BCUT2D eigenvalue weighted by Crippen LogP contribution is 2.40. The zero-order chi connectivity index (χ0) is 24.6. The number of aromatic nitrogens is 3. The molecule has 1 aliphatic heterocycles. The van der Waals surface area contributed by atoms with Crippen molar-refractivity contribution in [2.45, 2.75) is 25.1 Å². The summed E-state index contributed by atoms with van der Waals surface area (Å²) in [6, 6.07) is 5.05. The SMILES string of the molecule is Cn1ncc(C(=O)Nc2cncc(-c3cc(Cl)cc(Cl)c3)c2N2CCC(N)CC2)c1C(F)(F)F. The van der Waals surface area contributed by atoms with Crippen molar-refractivity contribution in [3.63, 3.8) is 0 Å². The Kier molecular flexibility index (Phi) is 6.75. The van der Waals surface area contributed by atoms with Crippen LogP contribution in [-0.4, -0.2) is 39.8 Å². The summed E-state index contributed by atoms with van der Waals surface area (Å²) in [6.45, 7) is 1.19. The lowest BCUT2D eigenvalue weighted by Gasteiger charge is -2.34. The first-order valence-corrected chi connectivity index (χ1v) is 11.2. The molecule has 0 atom stereocenters. The summed E-state index contributed by atoms with van der Waals surface area (Å²) >= 11 is 12.4. The zero-order valence-corrected chi connectivity index (χ0v) is 19.5. The summed E-state index contributed by atoms with van der Waals surface area (Å²) in [5.74, 6) is -0.946. The second kappa shape index (κ2) is 9.44. The molecule has 0 unspecified atom stereocenters. The molecule has 1 amide bonds. The Balaban J connectivity index is 1.79. The summed E-state index contributed by atoms with van der Waals surface area (Å²) in [5.41, 5.74) is 6.48. The number of anilines is 2. The number of carbonyl (C=O) groups is 1. The lowest BCUT2D eigenvalue weighted by atomic mass is 10.0. The van der Waals surface area contributed by atoms with Gasteiger partial charge in [0.05, 0.1) is 29.3 Å². The largest absolute Gasteiger partial charge is 0.433 e. The predicted octanol–water partition coefficient (Wildman–Crippen LogP) is 4.99. The van der Waals surface area contributed by atoms with Crippen LogP contribution in [0.1, 0.15) is 28.9 Å². The van der Waals surface area contributed by atoms with Gasteiger partial charge in [-0.1, -0.05) is 23.2 Å². The highest BCUT2D eigenvalue weighted by Gasteiger charge is 2.39. The molecule has 1 aliphatic rings. The van der Waals surface area contributed by atoms with Gasteiger partial charge in [0.1, 0.15) is 0 Å². The van der Waals surface area contributed by atoms with Crippen molar-refractivity contribution in [3.05, 3.63) is 58.1 Å². The molecule has 1 saturated heterocycles. The van der Waals surface area contributed by atoms with Gasteiger partial charge in [-0.25, -0.2) is 0 Å². The van der Waals surface area contributed by atoms with Crippen LogP contribution in [0.2, 0.25) is 10.0 Å². The number of aryl methyl sites for hydroxylation is 1. The average Bonchev–Trinajstić information content (AvgIpc) is 3.16. The molecule has 3 N–H and O–H groups in total. The van der Waals surface area contributed by atoms with Gasteiger partial charge >= 0.3 is 6.18 Å². The minimum Gasteiger partial charge on any atom is -0.369 e. The number of nitrogens with two attached hydrogens (primary N) is 1. The van der Waals surface area contributed by atoms with E-state index in [1.807, 2.05) is 4.90 Å². The van der Waals surface area contributed by atoms with Gasteiger partial charge in [0.15, 0.2) is 5.69 Å². The lowest BCUT2D eigenvalue weighted by Crippen LogP contribution is -2.40. The Labute approximate surface area is 203 Å². The maximum atomic E-state index is 13.5. The van der Waals surface area contributed by atoms with Gasteiger partial charge in [-0.05, 0) is 36.6 Å². The molecule has 3 heterocycles. The van der Waals surface area contributed by atoms with E-state index in [2.05, 4.69) is 15.4 Å². The van der Waals surface area contributed by atoms with Crippen molar-refractivity contribution in [1.82, 2.24) is 14.8 Å². The second-order valence-electron chi connectivity index (χ2n) is 8.05. The Bertz CT molecular complexity index is 1200. The first-order chi connectivity index (χ1) is 16.0. The molecule has 2 aromatic heterocycles. The summed E-state index contributed by atoms with van der Waals surface area (Å²) in [4.78, 5) is 19.2. The van der Waals surface area contributed by atoms with E-state index >= 15 is 0 Å². The number of nitrogens with zero attached hydrogens (tertiary/aromatic N) is 4. The number of alkyl halides is 3. The molecule has 180 valence electrons. The molecule has 0 saturated carbocycles. The molecular formula is C22H21Cl2F3N6O. The number of piperidine rings is 1. The van der Waals surface area contributed by atoms with Crippen LogP contribution in [0.25, 0.3) is 11.1 Å². The van der Waals surface area contributed by atoms with Crippen LogP contribution in [0.5, 0.6) is 0 Å². The fourth-order valence-electron chi connectivity index (χ4n) is 4.06. The molecular weight excluding hydrogens is 492 g/mol. The van der Waals surface area contributed by atoms with E-state index in [0.717, 1.165) is 13.2 Å². The minimum absolute atomic E-state index is 0.0462. The van der Waals surface area contributed by atoms with Crippen molar-refractivity contribution in [3.8, 4) is 11.1 Å². The van der Waals surface area contributed by atoms with Crippen LogP contribution in [0.4, 0.5) is 24.5 Å². The van der Waals surface area contributed by atoms with E-state index in [1.165, 1.54) is 6.20 Å². The molecule has 12 heteroatoms. The van der Waals surface area contributed by atoms with Crippen molar-refractivity contribution in [2.24, 2.45) is 12.8 Å². The third kappa shape index (κ3) is 4.98. The Morgan fingerprint density at radius 1 is 1.12 bits per heavy atom. The quantitative estimate of drug-likeness (QED) is 0.514. The monoisotopic (exact) mass is 512 g/mol. The van der Waals surface area contributed by atoms with E-state index in [0.29, 0.717) is 57.5 Å². The van der Waals surface area contributed by atoms with Crippen molar-refractivity contribution >= 4 is 40.5 Å². The number of carbonyl (C=O) groups excluding carboxylic acids is 1. The van der Waals surface area contributed by atoms with Crippen molar-refractivity contribution in [2.75, 3.05) is 23.3 Å². The third-order valence-electron chi connectivity index (χ3n) is 5.65. The lowest BCUT2D eigenvalue weighted by molar-refractivity contribution is -0.144. The number of benzene rings is 1. The van der Waals surface area contributed by atoms with Gasteiger partial charge in [0, 0.05) is 48.0 Å². The Morgan fingerprint density at radius 2 is 1.76 bits per heavy atom. The molecule has 0 radical (unpaired) electrons. The van der Waals surface area contributed by atoms with Crippen LogP contribution in [0, 0.1) is 0 Å². The van der Waals surface area contributed by atoms with E-state index < -0.39 is 23.3 Å². The summed E-state index contributed by atoms with van der Waals surface area (Å²) < 4.78 is 41.2. The van der Waals surface area contributed by atoms with Crippen molar-refractivity contribution in [1.29, 1.82) is 0 Å². The van der Waals surface area contributed by atoms with Gasteiger partial charge in [-0.2, -0.15) is 18.3 Å². The van der Waals surface area contributed by atoms with E-state index in [-0.39, 0.29) is 11.7 Å². The van der Waals surface area contributed by atoms with Gasteiger partial charge in [-0.3, -0.25) is 14.5 Å². The van der Waals surface area contributed by atoms with Gasteiger partial charge in [-0.15, -0.1) is 0 Å². The summed E-state index contributed by atoms with van der Waals surface area (Å²) in [7, 11) is 1.13. The third-order valence-corrected chi connectivity index (χ3v) is 6.08. The normalized spacial score (nSPS) is 15.0. The van der Waals surface area contributed by atoms with Crippen LogP contribution < -0.4 is 16.0 Å². The first-order valence-electron chi connectivity index (χ1n) is 10.4. The van der Waals surface area contributed by atoms with Crippen LogP contribution >= 0.6 is 23.2 Å². The average molecular weight is 513 g/mol. The molecule has 34 heavy (non-hydrogen) atoms. The Hall–Kier alpha value is -2.82. The van der Waals surface area contributed by atoms with Crippen molar-refractivity contribution < 1.29 is 18.0 Å². The fraction of sp³-hybridized carbons (Fsp3) is 0.318. The molecule has 3 aromatic rings. The van der Waals surface area contributed by atoms with E-state index in [9.17, 15) is 18.0 Å². The number of rotatable bonds is 4. The molecule has 1 fully saturated rings. The molecule has 0 aliphatic carbocycles. The fourth-order valence-corrected chi connectivity index (χ4v) is 4.59. The first kappa shape index (κ1) is 24.3. The van der Waals surface area contributed by atoms with Crippen LogP contribution in [0.3, 0.4) is 0 Å². The van der Waals surface area contributed by atoms with Gasteiger partial charge in [0.25, 0.3) is 5.91 Å². The summed E-state index contributed by atoms with van der Waals surface area (Å²) in [6.07, 6.45) is 0.583. The number of nitrogens with one attached hydrogen (secondary N) is 1. The maximum Gasteiger partial charge on any atom is 0.433 e. The number of halogens is 5. The maximum absolute atomic E-state index is 13.5. The predicted molar refractivity (Wildman–Crippen MR) is 125 cm³/mol. The molecule has 0 bridgehead atoms. The van der Waals surface area contributed by atoms with Crippen LogP contribution in [-0.2, 0) is 13.2 Å².